The fraction of sp³-hybridized carbons (Fsp3) is 0.308. The van der Waals surface area contributed by atoms with Crippen LogP contribution < -0.4 is 5.73 Å². The highest BCUT2D eigenvalue weighted by Gasteiger charge is 2.31. The van der Waals surface area contributed by atoms with E-state index in [2.05, 4.69) is 5.10 Å². The second-order valence-corrected chi connectivity index (χ2v) is 4.26. The number of aromatic nitrogens is 2. The zero-order valence-electron chi connectivity index (χ0n) is 10.6. The van der Waals surface area contributed by atoms with Crippen LogP contribution in [0.1, 0.15) is 18.2 Å². The largest absolute Gasteiger partial charge is 0.416 e. The molecule has 1 heterocycles. The SMILES string of the molecule is CCc1nn(C)c(N)c1-c1cccc(C(F)(F)F)c1. The van der Waals surface area contributed by atoms with Gasteiger partial charge in [0.1, 0.15) is 5.82 Å². The minimum atomic E-state index is -4.36. The number of nitrogens with two attached hydrogens (primary N) is 1. The molecule has 19 heavy (non-hydrogen) atoms. The van der Waals surface area contributed by atoms with Crippen molar-refractivity contribution in [3.8, 4) is 11.1 Å². The number of rotatable bonds is 2. The number of benzene rings is 1. The Balaban J connectivity index is 2.60. The quantitative estimate of drug-likeness (QED) is 0.909. The van der Waals surface area contributed by atoms with Gasteiger partial charge in [-0.05, 0) is 24.1 Å². The molecule has 1 aromatic heterocycles. The van der Waals surface area contributed by atoms with Crippen molar-refractivity contribution in [2.75, 3.05) is 5.73 Å². The molecule has 1 aromatic carbocycles. The molecule has 0 saturated carbocycles. The van der Waals surface area contributed by atoms with Crippen molar-refractivity contribution in [3.63, 3.8) is 0 Å². The second-order valence-electron chi connectivity index (χ2n) is 4.26. The van der Waals surface area contributed by atoms with Crippen LogP contribution in [0.25, 0.3) is 11.1 Å². The summed E-state index contributed by atoms with van der Waals surface area (Å²) in [7, 11) is 1.67. The van der Waals surface area contributed by atoms with E-state index >= 15 is 0 Å². The Hall–Kier alpha value is -1.98. The van der Waals surface area contributed by atoms with Crippen molar-refractivity contribution in [2.45, 2.75) is 19.5 Å². The van der Waals surface area contributed by atoms with Gasteiger partial charge in [0.05, 0.1) is 11.3 Å². The van der Waals surface area contributed by atoms with Gasteiger partial charge in [-0.1, -0.05) is 19.1 Å². The lowest BCUT2D eigenvalue weighted by Crippen LogP contribution is -2.05. The third-order valence-electron chi connectivity index (χ3n) is 2.98. The summed E-state index contributed by atoms with van der Waals surface area (Å²) in [6.07, 6.45) is -3.75. The van der Waals surface area contributed by atoms with Gasteiger partial charge in [-0.15, -0.1) is 0 Å². The Labute approximate surface area is 108 Å². The summed E-state index contributed by atoms with van der Waals surface area (Å²) >= 11 is 0. The molecule has 0 aliphatic rings. The third kappa shape index (κ3) is 2.43. The molecule has 0 saturated heterocycles. The number of halogens is 3. The van der Waals surface area contributed by atoms with Gasteiger partial charge in [0.15, 0.2) is 0 Å². The van der Waals surface area contributed by atoms with Crippen LogP contribution in [0.5, 0.6) is 0 Å². The molecule has 0 fully saturated rings. The zero-order chi connectivity index (χ0) is 14.2. The first-order valence-electron chi connectivity index (χ1n) is 5.83. The normalized spacial score (nSPS) is 11.8. The number of aryl methyl sites for hydroxylation is 2. The molecular weight excluding hydrogens is 255 g/mol. The Kier molecular flexibility index (Phi) is 3.26. The summed E-state index contributed by atoms with van der Waals surface area (Å²) in [5.74, 6) is 0.371. The van der Waals surface area contributed by atoms with E-state index in [0.717, 1.165) is 12.1 Å². The summed E-state index contributed by atoms with van der Waals surface area (Å²) in [4.78, 5) is 0. The van der Waals surface area contributed by atoms with Crippen LogP contribution >= 0.6 is 0 Å². The fourth-order valence-electron chi connectivity index (χ4n) is 2.01. The Morgan fingerprint density at radius 3 is 2.58 bits per heavy atom. The zero-order valence-corrected chi connectivity index (χ0v) is 10.6. The van der Waals surface area contributed by atoms with Crippen LogP contribution in [0.4, 0.5) is 19.0 Å². The van der Waals surface area contributed by atoms with Crippen LogP contribution in [-0.4, -0.2) is 9.78 Å². The van der Waals surface area contributed by atoms with E-state index in [1.54, 1.807) is 13.1 Å². The fourth-order valence-corrected chi connectivity index (χ4v) is 2.01. The maximum atomic E-state index is 12.7. The number of alkyl halides is 3. The predicted molar refractivity (Wildman–Crippen MR) is 67.4 cm³/mol. The van der Waals surface area contributed by atoms with Crippen molar-refractivity contribution in [1.82, 2.24) is 9.78 Å². The lowest BCUT2D eigenvalue weighted by atomic mass is 10.0. The van der Waals surface area contributed by atoms with Gasteiger partial charge in [0.2, 0.25) is 0 Å². The molecule has 102 valence electrons. The molecule has 2 aromatic rings. The number of anilines is 1. The topological polar surface area (TPSA) is 43.8 Å². The van der Waals surface area contributed by atoms with Crippen LogP contribution in [-0.2, 0) is 19.6 Å². The van der Waals surface area contributed by atoms with Crippen molar-refractivity contribution in [1.29, 1.82) is 0 Å². The number of hydrogen-bond acceptors (Lipinski definition) is 2. The first-order chi connectivity index (χ1) is 8.84. The smallest absolute Gasteiger partial charge is 0.383 e. The molecule has 0 bridgehead atoms. The van der Waals surface area contributed by atoms with Crippen LogP contribution in [0, 0.1) is 0 Å². The van der Waals surface area contributed by atoms with Gasteiger partial charge in [-0.25, -0.2) is 0 Å². The molecule has 0 radical (unpaired) electrons. The Bertz CT molecular complexity index is 600. The molecule has 0 atom stereocenters. The highest BCUT2D eigenvalue weighted by Crippen LogP contribution is 2.35. The molecule has 0 unspecified atom stereocenters. The molecule has 0 aliphatic carbocycles. The van der Waals surface area contributed by atoms with Crippen molar-refractivity contribution in [2.24, 2.45) is 7.05 Å². The number of nitrogens with zero attached hydrogens (tertiary/aromatic N) is 2. The third-order valence-corrected chi connectivity index (χ3v) is 2.98. The minimum Gasteiger partial charge on any atom is -0.383 e. The standard InChI is InChI=1S/C13H14F3N3/c1-3-10-11(12(17)19(2)18-10)8-5-4-6-9(7-8)13(14,15)16/h4-7H,3,17H2,1-2H3. The highest BCUT2D eigenvalue weighted by atomic mass is 19.4. The van der Waals surface area contributed by atoms with Crippen molar-refractivity contribution >= 4 is 5.82 Å². The van der Waals surface area contributed by atoms with Crippen LogP contribution in [0.15, 0.2) is 24.3 Å². The van der Waals surface area contributed by atoms with Gasteiger partial charge in [-0.2, -0.15) is 18.3 Å². The van der Waals surface area contributed by atoms with E-state index in [9.17, 15) is 13.2 Å². The summed E-state index contributed by atoms with van der Waals surface area (Å²) in [6.45, 7) is 1.89. The molecule has 0 amide bonds. The van der Waals surface area contributed by atoms with Crippen molar-refractivity contribution in [3.05, 3.63) is 35.5 Å². The second kappa shape index (κ2) is 4.60. The molecule has 6 heteroatoms. The van der Waals surface area contributed by atoms with Gasteiger partial charge >= 0.3 is 6.18 Å². The Morgan fingerprint density at radius 2 is 2.00 bits per heavy atom. The first-order valence-corrected chi connectivity index (χ1v) is 5.83. The minimum absolute atomic E-state index is 0.371. The summed E-state index contributed by atoms with van der Waals surface area (Å²) in [6, 6.07) is 5.14. The lowest BCUT2D eigenvalue weighted by Gasteiger charge is -2.09. The van der Waals surface area contributed by atoms with E-state index in [-0.39, 0.29) is 0 Å². The summed E-state index contributed by atoms with van der Waals surface area (Å²) in [5, 5.41) is 4.21. The predicted octanol–water partition coefficient (Wildman–Crippen LogP) is 3.25. The van der Waals surface area contributed by atoms with Crippen LogP contribution in [0.3, 0.4) is 0 Å². The van der Waals surface area contributed by atoms with Crippen molar-refractivity contribution < 1.29 is 13.2 Å². The molecular formula is C13H14F3N3. The maximum absolute atomic E-state index is 12.7. The van der Waals surface area contributed by atoms with Gasteiger partial charge in [0.25, 0.3) is 0 Å². The van der Waals surface area contributed by atoms with E-state index < -0.39 is 11.7 Å². The molecule has 0 spiro atoms. The molecule has 0 aliphatic heterocycles. The monoisotopic (exact) mass is 269 g/mol. The van der Waals surface area contributed by atoms with E-state index in [4.69, 9.17) is 5.73 Å². The number of nitrogen functional groups attached to an aromatic ring is 1. The van der Waals surface area contributed by atoms with E-state index in [0.29, 0.717) is 29.1 Å². The lowest BCUT2D eigenvalue weighted by molar-refractivity contribution is -0.137. The van der Waals surface area contributed by atoms with Gasteiger partial charge < -0.3 is 5.73 Å². The molecule has 2 N–H and O–H groups in total. The molecule has 3 nitrogen and oxygen atoms in total. The van der Waals surface area contributed by atoms with Gasteiger partial charge in [-0.3, -0.25) is 4.68 Å². The summed E-state index contributed by atoms with van der Waals surface area (Å²) < 4.78 is 39.6. The summed E-state index contributed by atoms with van der Waals surface area (Å²) in [5.41, 5.74) is 6.92. The van der Waals surface area contributed by atoms with Gasteiger partial charge in [0, 0.05) is 12.6 Å². The average molecular weight is 269 g/mol. The van der Waals surface area contributed by atoms with E-state index in [1.807, 2.05) is 6.92 Å². The highest BCUT2D eigenvalue weighted by molar-refractivity contribution is 5.77. The number of hydrogen-bond donors (Lipinski definition) is 1. The van der Waals surface area contributed by atoms with E-state index in [1.165, 1.54) is 10.7 Å². The molecule has 2 rings (SSSR count). The Morgan fingerprint density at radius 1 is 1.32 bits per heavy atom. The average Bonchev–Trinajstić information content (AvgIpc) is 2.64. The van der Waals surface area contributed by atoms with Crippen LogP contribution in [0.2, 0.25) is 0 Å². The maximum Gasteiger partial charge on any atom is 0.416 e. The first kappa shape index (κ1) is 13.5.